The third kappa shape index (κ3) is 5.18. The molecule has 0 aliphatic heterocycles. The SMILES string of the molecule is CCCCC=CC(=O)Oc1ccc(-c2ccc(-c3ccc(C#N)s3)cc2)cc1. The molecule has 0 fully saturated rings. The zero-order valence-corrected chi connectivity index (χ0v) is 16.5. The zero-order valence-electron chi connectivity index (χ0n) is 15.7. The van der Waals surface area contributed by atoms with E-state index in [1.165, 1.54) is 17.4 Å². The number of nitrogens with zero attached hydrogens (tertiary/aromatic N) is 1. The predicted octanol–water partition coefficient (Wildman–Crippen LogP) is 6.61. The smallest absolute Gasteiger partial charge is 0.335 e. The minimum absolute atomic E-state index is 0.346. The predicted molar refractivity (Wildman–Crippen MR) is 114 cm³/mol. The summed E-state index contributed by atoms with van der Waals surface area (Å²) in [4.78, 5) is 13.6. The molecule has 0 radical (unpaired) electrons. The van der Waals surface area contributed by atoms with Crippen molar-refractivity contribution in [3.05, 3.63) is 77.7 Å². The number of carbonyl (C=O) groups excluding carboxylic acids is 1. The van der Waals surface area contributed by atoms with Crippen LogP contribution in [0.1, 0.15) is 31.1 Å². The van der Waals surface area contributed by atoms with Gasteiger partial charge in [-0.25, -0.2) is 4.79 Å². The number of allylic oxidation sites excluding steroid dienone is 1. The van der Waals surface area contributed by atoms with Crippen molar-refractivity contribution in [2.45, 2.75) is 26.2 Å². The molecule has 0 aliphatic rings. The van der Waals surface area contributed by atoms with Gasteiger partial charge in [-0.3, -0.25) is 0 Å². The number of carbonyl (C=O) groups is 1. The highest BCUT2D eigenvalue weighted by molar-refractivity contribution is 7.16. The van der Waals surface area contributed by atoms with Gasteiger partial charge < -0.3 is 4.74 Å². The molecule has 0 bridgehead atoms. The van der Waals surface area contributed by atoms with E-state index in [-0.39, 0.29) is 5.97 Å². The molecule has 0 atom stereocenters. The number of ether oxygens (including phenoxy) is 1. The summed E-state index contributed by atoms with van der Waals surface area (Å²) in [5, 5.41) is 8.96. The Balaban J connectivity index is 1.64. The van der Waals surface area contributed by atoms with Gasteiger partial charge in [0, 0.05) is 11.0 Å². The third-order valence-electron chi connectivity index (χ3n) is 4.27. The van der Waals surface area contributed by atoms with Gasteiger partial charge >= 0.3 is 5.97 Å². The Morgan fingerprint density at radius 1 is 1.00 bits per heavy atom. The Morgan fingerprint density at radius 3 is 2.25 bits per heavy atom. The van der Waals surface area contributed by atoms with Crippen molar-refractivity contribution in [2.75, 3.05) is 0 Å². The molecule has 2 aromatic carbocycles. The number of rotatable bonds is 7. The van der Waals surface area contributed by atoms with Crippen molar-refractivity contribution in [1.82, 2.24) is 0 Å². The van der Waals surface area contributed by atoms with Gasteiger partial charge in [-0.05, 0) is 47.4 Å². The van der Waals surface area contributed by atoms with Gasteiger partial charge in [0.25, 0.3) is 0 Å². The van der Waals surface area contributed by atoms with Crippen LogP contribution in [0.5, 0.6) is 5.75 Å². The average molecular weight is 388 g/mol. The molecule has 0 amide bonds. The summed E-state index contributed by atoms with van der Waals surface area (Å²) < 4.78 is 5.32. The lowest BCUT2D eigenvalue weighted by Gasteiger charge is -2.06. The van der Waals surface area contributed by atoms with E-state index < -0.39 is 0 Å². The lowest BCUT2D eigenvalue weighted by molar-refractivity contribution is -0.129. The Kier molecular flexibility index (Phi) is 6.78. The van der Waals surface area contributed by atoms with Crippen LogP contribution in [0.3, 0.4) is 0 Å². The van der Waals surface area contributed by atoms with E-state index in [0.29, 0.717) is 10.6 Å². The molecule has 140 valence electrons. The van der Waals surface area contributed by atoms with Crippen LogP contribution in [0.4, 0.5) is 0 Å². The van der Waals surface area contributed by atoms with Gasteiger partial charge in [0.15, 0.2) is 0 Å². The second kappa shape index (κ2) is 9.68. The van der Waals surface area contributed by atoms with E-state index in [2.05, 4.69) is 37.3 Å². The largest absolute Gasteiger partial charge is 0.423 e. The molecule has 0 unspecified atom stereocenters. The molecule has 4 heteroatoms. The summed E-state index contributed by atoms with van der Waals surface area (Å²) in [6, 6.07) is 21.7. The van der Waals surface area contributed by atoms with Crippen LogP contribution in [-0.4, -0.2) is 5.97 Å². The molecule has 0 spiro atoms. The van der Waals surface area contributed by atoms with Crippen LogP contribution >= 0.6 is 11.3 Å². The maximum Gasteiger partial charge on any atom is 0.335 e. The van der Waals surface area contributed by atoms with Crippen LogP contribution in [0, 0.1) is 11.3 Å². The highest BCUT2D eigenvalue weighted by atomic mass is 32.1. The molecular formula is C24H21NO2S. The van der Waals surface area contributed by atoms with E-state index in [1.807, 2.05) is 30.3 Å². The summed E-state index contributed by atoms with van der Waals surface area (Å²) in [6.07, 6.45) is 6.42. The Morgan fingerprint density at radius 2 is 1.64 bits per heavy atom. The molecule has 0 N–H and O–H groups in total. The van der Waals surface area contributed by atoms with Gasteiger partial charge in [0.2, 0.25) is 0 Å². The third-order valence-corrected chi connectivity index (χ3v) is 5.31. The van der Waals surface area contributed by atoms with Crippen LogP contribution in [0.25, 0.3) is 21.6 Å². The number of esters is 1. The fourth-order valence-corrected chi connectivity index (χ4v) is 3.56. The molecular weight excluding hydrogens is 366 g/mol. The van der Waals surface area contributed by atoms with E-state index in [1.54, 1.807) is 12.1 Å². The molecule has 28 heavy (non-hydrogen) atoms. The number of hydrogen-bond acceptors (Lipinski definition) is 4. The van der Waals surface area contributed by atoms with E-state index in [9.17, 15) is 4.79 Å². The van der Waals surface area contributed by atoms with E-state index >= 15 is 0 Å². The Bertz CT molecular complexity index is 992. The van der Waals surface area contributed by atoms with Crippen LogP contribution in [-0.2, 0) is 4.79 Å². The minimum atomic E-state index is -0.346. The maximum absolute atomic E-state index is 11.8. The summed E-state index contributed by atoms with van der Waals surface area (Å²) in [5.41, 5.74) is 3.22. The lowest BCUT2D eigenvalue weighted by Crippen LogP contribution is -2.03. The van der Waals surface area contributed by atoms with Gasteiger partial charge in [0.05, 0.1) is 0 Å². The second-order valence-electron chi connectivity index (χ2n) is 6.34. The summed E-state index contributed by atoms with van der Waals surface area (Å²) in [5.74, 6) is 0.189. The molecule has 1 heterocycles. The highest BCUT2D eigenvalue weighted by Crippen LogP contribution is 2.30. The monoisotopic (exact) mass is 387 g/mol. The van der Waals surface area contributed by atoms with Gasteiger partial charge in [-0.15, -0.1) is 11.3 Å². The first kappa shape index (κ1) is 19.6. The van der Waals surface area contributed by atoms with Crippen LogP contribution in [0.15, 0.2) is 72.8 Å². The number of thiophene rings is 1. The number of unbranched alkanes of at least 4 members (excludes halogenated alkanes) is 2. The van der Waals surface area contributed by atoms with Crippen LogP contribution in [0.2, 0.25) is 0 Å². The van der Waals surface area contributed by atoms with Crippen molar-refractivity contribution in [1.29, 1.82) is 5.26 Å². The van der Waals surface area contributed by atoms with Crippen molar-refractivity contribution >= 4 is 17.3 Å². The minimum Gasteiger partial charge on any atom is -0.423 e. The van der Waals surface area contributed by atoms with Gasteiger partial charge in [-0.2, -0.15) is 5.26 Å². The molecule has 3 rings (SSSR count). The first-order valence-electron chi connectivity index (χ1n) is 9.29. The number of hydrogen-bond donors (Lipinski definition) is 0. The summed E-state index contributed by atoms with van der Waals surface area (Å²) in [6.45, 7) is 2.12. The fraction of sp³-hybridized carbons (Fsp3) is 0.167. The van der Waals surface area contributed by atoms with E-state index in [0.717, 1.165) is 40.8 Å². The van der Waals surface area contributed by atoms with Crippen molar-refractivity contribution in [3.8, 4) is 33.4 Å². The lowest BCUT2D eigenvalue weighted by atomic mass is 10.0. The normalized spacial score (nSPS) is 10.7. The highest BCUT2D eigenvalue weighted by Gasteiger charge is 2.05. The zero-order chi connectivity index (χ0) is 19.8. The number of benzene rings is 2. The Hall–Kier alpha value is -3.16. The first-order valence-corrected chi connectivity index (χ1v) is 10.1. The standard InChI is InChI=1S/C24H21NO2S/c1-2-3-4-5-6-24(26)27-21-13-11-19(12-14-21)18-7-9-20(10-8-18)23-16-15-22(17-25)28-23/h5-16H,2-4H2,1H3. The van der Waals surface area contributed by atoms with Crippen molar-refractivity contribution in [2.24, 2.45) is 0 Å². The van der Waals surface area contributed by atoms with Crippen molar-refractivity contribution in [3.63, 3.8) is 0 Å². The molecule has 3 aromatic rings. The second-order valence-corrected chi connectivity index (χ2v) is 7.43. The molecule has 3 nitrogen and oxygen atoms in total. The molecule has 0 saturated carbocycles. The maximum atomic E-state index is 11.8. The quantitative estimate of drug-likeness (QED) is 0.198. The number of nitriles is 1. The van der Waals surface area contributed by atoms with Gasteiger partial charge in [0.1, 0.15) is 16.7 Å². The molecule has 0 aliphatic carbocycles. The van der Waals surface area contributed by atoms with Crippen LogP contribution < -0.4 is 4.74 Å². The topological polar surface area (TPSA) is 50.1 Å². The van der Waals surface area contributed by atoms with Gasteiger partial charge in [-0.1, -0.05) is 62.2 Å². The Labute approximate surface area is 169 Å². The molecule has 1 aromatic heterocycles. The fourth-order valence-electron chi connectivity index (χ4n) is 2.75. The summed E-state index contributed by atoms with van der Waals surface area (Å²) >= 11 is 1.49. The summed E-state index contributed by atoms with van der Waals surface area (Å²) in [7, 11) is 0. The van der Waals surface area contributed by atoms with Crippen molar-refractivity contribution < 1.29 is 9.53 Å². The average Bonchev–Trinajstić information content (AvgIpc) is 3.21. The van der Waals surface area contributed by atoms with E-state index in [4.69, 9.17) is 10.00 Å². The molecule has 0 saturated heterocycles. The first-order chi connectivity index (χ1) is 13.7.